The maximum absolute atomic E-state index is 13.9. The summed E-state index contributed by atoms with van der Waals surface area (Å²) in [7, 11) is 0. The first kappa shape index (κ1) is 20.2. The Morgan fingerprint density at radius 1 is 1.19 bits per heavy atom. The van der Waals surface area contributed by atoms with Crippen LogP contribution in [0.1, 0.15) is 48.9 Å². The predicted octanol–water partition coefficient (Wildman–Crippen LogP) is 5.14. The number of nitrogens with zero attached hydrogens (tertiary/aromatic N) is 4. The zero-order valence-electron chi connectivity index (χ0n) is 17.1. The SMILES string of the molecule is CC1=C(C(=O)N2CCC[C@H]2c2cc(C)no2)[C@H](c2ccc(Cl)c(Cl)c2)n2nccc2N1. The van der Waals surface area contributed by atoms with E-state index in [1.54, 1.807) is 18.3 Å². The Morgan fingerprint density at radius 2 is 2.03 bits per heavy atom. The maximum atomic E-state index is 13.9. The van der Waals surface area contributed by atoms with Gasteiger partial charge in [0.25, 0.3) is 5.91 Å². The topological polar surface area (TPSA) is 76.2 Å². The zero-order chi connectivity index (χ0) is 21.7. The molecule has 0 unspecified atom stereocenters. The van der Waals surface area contributed by atoms with Crippen molar-refractivity contribution in [3.05, 3.63) is 74.9 Å². The number of likely N-dealkylation sites (tertiary alicyclic amines) is 1. The Bertz CT molecular complexity index is 1200. The van der Waals surface area contributed by atoms with Gasteiger partial charge in [-0.25, -0.2) is 4.68 Å². The third-order valence-electron chi connectivity index (χ3n) is 5.89. The smallest absolute Gasteiger partial charge is 0.254 e. The molecule has 2 aliphatic rings. The molecule has 9 heteroatoms. The number of hydrogen-bond acceptors (Lipinski definition) is 5. The van der Waals surface area contributed by atoms with E-state index < -0.39 is 6.04 Å². The van der Waals surface area contributed by atoms with Crippen LogP contribution >= 0.6 is 23.2 Å². The van der Waals surface area contributed by atoms with Crippen molar-refractivity contribution in [3.63, 3.8) is 0 Å². The highest BCUT2D eigenvalue weighted by atomic mass is 35.5. The second kappa shape index (κ2) is 7.73. The summed E-state index contributed by atoms with van der Waals surface area (Å²) in [5.74, 6) is 1.48. The van der Waals surface area contributed by atoms with Crippen LogP contribution in [0.25, 0.3) is 0 Å². The van der Waals surface area contributed by atoms with E-state index in [4.69, 9.17) is 27.7 Å². The van der Waals surface area contributed by atoms with E-state index >= 15 is 0 Å². The Labute approximate surface area is 189 Å². The molecule has 7 nitrogen and oxygen atoms in total. The van der Waals surface area contributed by atoms with Crippen molar-refractivity contribution in [3.8, 4) is 0 Å². The van der Waals surface area contributed by atoms with Gasteiger partial charge in [-0.2, -0.15) is 5.10 Å². The lowest BCUT2D eigenvalue weighted by Crippen LogP contribution is -2.38. The quantitative estimate of drug-likeness (QED) is 0.588. The average molecular weight is 458 g/mol. The number of fused-ring (bicyclic) bond motifs is 1. The van der Waals surface area contributed by atoms with Gasteiger partial charge in [-0.15, -0.1) is 0 Å². The molecule has 3 aromatic rings. The standard InChI is InChI=1S/C22H21Cl2N5O2/c1-12-10-18(31-27-12)17-4-3-9-28(17)22(30)20-13(2)26-19-7-8-25-29(19)21(20)14-5-6-15(23)16(24)11-14/h5-8,10-11,17,21,26H,3-4,9H2,1-2H3/t17-,21-/m0/s1. The summed E-state index contributed by atoms with van der Waals surface area (Å²) in [5, 5.41) is 12.7. The van der Waals surface area contributed by atoms with Crippen molar-refractivity contribution < 1.29 is 9.32 Å². The highest BCUT2D eigenvalue weighted by Gasteiger charge is 2.40. The second-order valence-electron chi connectivity index (χ2n) is 7.93. The van der Waals surface area contributed by atoms with Gasteiger partial charge in [0.15, 0.2) is 5.76 Å². The van der Waals surface area contributed by atoms with Crippen LogP contribution in [-0.4, -0.2) is 32.3 Å². The fourth-order valence-corrected chi connectivity index (χ4v) is 4.78. The zero-order valence-corrected chi connectivity index (χ0v) is 18.6. The van der Waals surface area contributed by atoms with Crippen LogP contribution in [0.4, 0.5) is 5.82 Å². The van der Waals surface area contributed by atoms with Crippen LogP contribution in [0.5, 0.6) is 0 Å². The fraction of sp³-hybridized carbons (Fsp3) is 0.318. The van der Waals surface area contributed by atoms with Crippen LogP contribution in [-0.2, 0) is 4.79 Å². The molecule has 1 amide bonds. The number of carbonyl (C=O) groups is 1. The van der Waals surface area contributed by atoms with Gasteiger partial charge >= 0.3 is 0 Å². The number of aryl methyl sites for hydroxylation is 1. The van der Waals surface area contributed by atoms with Crippen LogP contribution in [0.3, 0.4) is 0 Å². The number of rotatable bonds is 3. The average Bonchev–Trinajstić information content (AvgIpc) is 3.48. The van der Waals surface area contributed by atoms with E-state index in [0.29, 0.717) is 22.2 Å². The first-order valence-electron chi connectivity index (χ1n) is 10.1. The molecule has 1 N–H and O–H groups in total. The number of nitrogens with one attached hydrogen (secondary N) is 1. The van der Waals surface area contributed by atoms with E-state index in [2.05, 4.69) is 15.6 Å². The van der Waals surface area contributed by atoms with Gasteiger partial charge in [0.2, 0.25) is 0 Å². The third kappa shape index (κ3) is 3.42. The third-order valence-corrected chi connectivity index (χ3v) is 6.62. The van der Waals surface area contributed by atoms with Crippen molar-refractivity contribution in [1.82, 2.24) is 19.8 Å². The summed E-state index contributed by atoms with van der Waals surface area (Å²) in [6, 6.07) is 8.65. The van der Waals surface area contributed by atoms with E-state index in [1.165, 1.54) is 0 Å². The lowest BCUT2D eigenvalue weighted by molar-refractivity contribution is -0.128. The molecule has 0 bridgehead atoms. The monoisotopic (exact) mass is 457 g/mol. The van der Waals surface area contributed by atoms with Gasteiger partial charge in [-0.1, -0.05) is 34.4 Å². The molecule has 0 radical (unpaired) electrons. The summed E-state index contributed by atoms with van der Waals surface area (Å²) >= 11 is 12.5. The number of carbonyl (C=O) groups excluding carboxylic acids is 1. The van der Waals surface area contributed by atoms with Crippen molar-refractivity contribution >= 4 is 34.9 Å². The molecule has 2 aromatic heterocycles. The lowest BCUT2D eigenvalue weighted by Gasteiger charge is -2.33. The minimum Gasteiger partial charge on any atom is -0.359 e. The second-order valence-corrected chi connectivity index (χ2v) is 8.74. The Morgan fingerprint density at radius 3 is 2.77 bits per heavy atom. The van der Waals surface area contributed by atoms with Crippen molar-refractivity contribution in [2.75, 3.05) is 11.9 Å². The van der Waals surface area contributed by atoms with Crippen LogP contribution in [0, 0.1) is 6.92 Å². The normalized spacial score (nSPS) is 20.7. The number of halogens is 2. The number of aromatic nitrogens is 3. The molecular weight excluding hydrogens is 437 g/mol. The molecule has 31 heavy (non-hydrogen) atoms. The minimum absolute atomic E-state index is 0.0567. The summed E-state index contributed by atoms with van der Waals surface area (Å²) in [4.78, 5) is 15.8. The van der Waals surface area contributed by atoms with Crippen molar-refractivity contribution in [2.24, 2.45) is 0 Å². The van der Waals surface area contributed by atoms with Gasteiger partial charge in [0.1, 0.15) is 11.9 Å². The maximum Gasteiger partial charge on any atom is 0.254 e. The van der Waals surface area contributed by atoms with E-state index in [9.17, 15) is 4.79 Å². The highest BCUT2D eigenvalue weighted by molar-refractivity contribution is 6.42. The number of anilines is 1. The Kier molecular flexibility index (Phi) is 5.02. The van der Waals surface area contributed by atoms with Crippen LogP contribution in [0.15, 0.2) is 52.3 Å². The number of amides is 1. The molecule has 1 fully saturated rings. The molecule has 0 spiro atoms. The van der Waals surface area contributed by atoms with Crippen LogP contribution < -0.4 is 5.32 Å². The highest BCUT2D eigenvalue weighted by Crippen LogP contribution is 2.41. The Balaban J connectivity index is 1.58. The van der Waals surface area contributed by atoms with Crippen molar-refractivity contribution in [1.29, 1.82) is 0 Å². The molecule has 1 saturated heterocycles. The molecule has 5 rings (SSSR count). The van der Waals surface area contributed by atoms with Gasteiger partial charge in [-0.3, -0.25) is 4.79 Å². The van der Waals surface area contributed by atoms with Crippen molar-refractivity contribution in [2.45, 2.75) is 38.8 Å². The molecule has 4 heterocycles. The summed E-state index contributed by atoms with van der Waals surface area (Å²) in [6.07, 6.45) is 3.45. The molecule has 2 aliphatic heterocycles. The molecule has 0 aliphatic carbocycles. The van der Waals surface area contributed by atoms with Gasteiger partial charge in [0, 0.05) is 24.4 Å². The number of benzene rings is 1. The summed E-state index contributed by atoms with van der Waals surface area (Å²) < 4.78 is 7.31. The molecule has 2 atom stereocenters. The van der Waals surface area contributed by atoms with E-state index in [1.807, 2.05) is 41.6 Å². The van der Waals surface area contributed by atoms with E-state index in [0.717, 1.165) is 41.4 Å². The van der Waals surface area contributed by atoms with E-state index in [-0.39, 0.29) is 11.9 Å². The van der Waals surface area contributed by atoms with Gasteiger partial charge in [0.05, 0.1) is 33.6 Å². The molecule has 160 valence electrons. The summed E-state index contributed by atoms with van der Waals surface area (Å²) in [6.45, 7) is 4.45. The molecule has 0 saturated carbocycles. The van der Waals surface area contributed by atoms with Gasteiger partial charge < -0.3 is 14.7 Å². The first-order chi connectivity index (χ1) is 14.9. The number of allylic oxidation sites excluding steroid dienone is 1. The predicted molar refractivity (Wildman–Crippen MR) is 118 cm³/mol. The van der Waals surface area contributed by atoms with Gasteiger partial charge in [-0.05, 0) is 44.4 Å². The first-order valence-corrected chi connectivity index (χ1v) is 10.9. The molecule has 1 aromatic carbocycles. The lowest BCUT2D eigenvalue weighted by atomic mass is 9.94. The van der Waals surface area contributed by atoms with Crippen LogP contribution in [0.2, 0.25) is 10.0 Å². The largest absolute Gasteiger partial charge is 0.359 e. The molecular formula is C22H21Cl2N5O2. The minimum atomic E-state index is -0.425. The summed E-state index contributed by atoms with van der Waals surface area (Å²) in [5.41, 5.74) is 3.06. The number of hydrogen-bond donors (Lipinski definition) is 1. The fourth-order valence-electron chi connectivity index (χ4n) is 4.47. The Hall–Kier alpha value is -2.77.